The van der Waals surface area contributed by atoms with Crippen LogP contribution in [0.2, 0.25) is 0 Å². The molecule has 9 heteroatoms. The molecule has 21 heavy (non-hydrogen) atoms. The van der Waals surface area contributed by atoms with Crippen molar-refractivity contribution in [2.45, 2.75) is 24.9 Å². The molecule has 0 spiro atoms. The lowest BCUT2D eigenvalue weighted by atomic mass is 10.2. The van der Waals surface area contributed by atoms with Gasteiger partial charge in [-0.3, -0.25) is 9.59 Å². The molecule has 6 N–H and O–H groups in total. The first kappa shape index (κ1) is 20.5. The molecule has 0 aromatic carbocycles. The molecule has 0 aliphatic carbocycles. The van der Waals surface area contributed by atoms with Gasteiger partial charge in [0.1, 0.15) is 12.1 Å². The second-order valence-corrected chi connectivity index (χ2v) is 6.72. The molecule has 0 aromatic rings. The first-order chi connectivity index (χ1) is 9.99. The third-order valence-corrected chi connectivity index (χ3v) is 4.89. The van der Waals surface area contributed by atoms with E-state index in [9.17, 15) is 9.59 Å². The highest BCUT2D eigenvalue weighted by atomic mass is 32.2. The number of thioether (sulfide) groups is 2. The molecule has 0 amide bonds. The Morgan fingerprint density at radius 2 is 1.90 bits per heavy atom. The Bertz CT molecular complexity index is 301. The molecule has 1 aliphatic heterocycles. The number of nitrogens with one attached hydrogen (secondary N) is 1. The predicted molar refractivity (Wildman–Crippen MR) is 86.0 cm³/mol. The summed E-state index contributed by atoms with van der Waals surface area (Å²) < 4.78 is 0. The predicted octanol–water partition coefficient (Wildman–Crippen LogP) is -0.320. The van der Waals surface area contributed by atoms with Gasteiger partial charge in [0.2, 0.25) is 0 Å². The topological polar surface area (TPSA) is 133 Å². The van der Waals surface area contributed by atoms with Gasteiger partial charge in [-0.1, -0.05) is 0 Å². The third-order valence-electron chi connectivity index (χ3n) is 2.58. The van der Waals surface area contributed by atoms with Crippen molar-refractivity contribution in [3.8, 4) is 0 Å². The van der Waals surface area contributed by atoms with E-state index in [-0.39, 0.29) is 12.6 Å². The molecule has 1 saturated heterocycles. The molecule has 124 valence electrons. The lowest BCUT2D eigenvalue weighted by molar-refractivity contribution is -0.139. The van der Waals surface area contributed by atoms with Gasteiger partial charge in [0.15, 0.2) is 0 Å². The Hall–Kier alpha value is -0.480. The largest absolute Gasteiger partial charge is 0.480 e. The van der Waals surface area contributed by atoms with E-state index in [1.54, 1.807) is 11.8 Å². The second kappa shape index (κ2) is 13.2. The van der Waals surface area contributed by atoms with Crippen LogP contribution in [0.25, 0.3) is 0 Å². The highest BCUT2D eigenvalue weighted by molar-refractivity contribution is 8.02. The summed E-state index contributed by atoms with van der Waals surface area (Å²) in [5, 5.41) is 28.1. The van der Waals surface area contributed by atoms with Crippen molar-refractivity contribution in [1.82, 2.24) is 5.32 Å². The van der Waals surface area contributed by atoms with Gasteiger partial charge in [0.25, 0.3) is 0 Å². The zero-order valence-corrected chi connectivity index (χ0v) is 13.5. The van der Waals surface area contributed by atoms with Crippen molar-refractivity contribution in [3.05, 3.63) is 0 Å². The van der Waals surface area contributed by atoms with Crippen molar-refractivity contribution in [1.29, 1.82) is 0 Å². The van der Waals surface area contributed by atoms with Gasteiger partial charge >= 0.3 is 11.9 Å². The van der Waals surface area contributed by atoms with E-state index in [1.807, 2.05) is 0 Å². The van der Waals surface area contributed by atoms with Crippen molar-refractivity contribution < 1.29 is 24.9 Å². The summed E-state index contributed by atoms with van der Waals surface area (Å²) in [5.74, 6) is 1.34. The SMILES string of the molecule is NC(CSCCSCCO)C(=O)O.O=C(O)[C@@H]1CCCN1. The minimum absolute atomic E-state index is 0.198. The second-order valence-electron chi connectivity index (χ2n) is 4.34. The van der Waals surface area contributed by atoms with Gasteiger partial charge < -0.3 is 26.4 Å². The van der Waals surface area contributed by atoms with Gasteiger partial charge in [-0.15, -0.1) is 0 Å². The van der Waals surface area contributed by atoms with Crippen LogP contribution in [0.3, 0.4) is 0 Å². The number of aliphatic hydroxyl groups is 1. The Morgan fingerprint density at radius 1 is 1.24 bits per heavy atom. The van der Waals surface area contributed by atoms with Gasteiger partial charge in [0, 0.05) is 23.0 Å². The number of rotatable bonds is 9. The lowest BCUT2D eigenvalue weighted by Crippen LogP contribution is -2.32. The molecule has 1 unspecified atom stereocenters. The minimum atomic E-state index is -0.949. The standard InChI is InChI=1S/C7H15NO3S2.C5H9NO2/c8-6(7(10)11)5-13-4-3-12-2-1-9;7-5(8)4-2-1-3-6-4/h6,9H,1-5,8H2,(H,10,11);4,6H,1-3H2,(H,7,8)/t;4-/m.0/s1. The minimum Gasteiger partial charge on any atom is -0.480 e. The zero-order valence-electron chi connectivity index (χ0n) is 11.9. The number of aliphatic hydroxyl groups excluding tert-OH is 1. The van der Waals surface area contributed by atoms with Crippen molar-refractivity contribution in [3.63, 3.8) is 0 Å². The molecule has 2 atom stereocenters. The Kier molecular flexibility index (Phi) is 12.9. The van der Waals surface area contributed by atoms with Gasteiger partial charge in [-0.25, -0.2) is 0 Å². The summed E-state index contributed by atoms with van der Waals surface area (Å²) in [6, 6.07) is -1.03. The summed E-state index contributed by atoms with van der Waals surface area (Å²) in [7, 11) is 0. The van der Waals surface area contributed by atoms with E-state index < -0.39 is 18.0 Å². The van der Waals surface area contributed by atoms with E-state index in [1.165, 1.54) is 11.8 Å². The smallest absolute Gasteiger partial charge is 0.321 e. The summed E-state index contributed by atoms with van der Waals surface area (Å²) in [6.45, 7) is 1.06. The summed E-state index contributed by atoms with van der Waals surface area (Å²) >= 11 is 3.19. The van der Waals surface area contributed by atoms with Crippen molar-refractivity contribution in [2.75, 3.05) is 36.2 Å². The number of carboxylic acids is 2. The normalized spacial score (nSPS) is 18.7. The maximum atomic E-state index is 10.3. The molecule has 1 fully saturated rings. The van der Waals surface area contributed by atoms with Crippen LogP contribution in [0, 0.1) is 0 Å². The van der Waals surface area contributed by atoms with Crippen molar-refractivity contribution >= 4 is 35.5 Å². The van der Waals surface area contributed by atoms with E-state index in [0.29, 0.717) is 5.75 Å². The number of nitrogens with two attached hydrogens (primary N) is 1. The van der Waals surface area contributed by atoms with Crippen LogP contribution in [-0.4, -0.2) is 75.5 Å². The van der Waals surface area contributed by atoms with E-state index in [4.69, 9.17) is 21.1 Å². The van der Waals surface area contributed by atoms with Gasteiger partial charge in [-0.2, -0.15) is 23.5 Å². The Labute approximate surface area is 133 Å². The van der Waals surface area contributed by atoms with E-state index >= 15 is 0 Å². The molecule has 0 bridgehead atoms. The number of hydrogen-bond acceptors (Lipinski definition) is 7. The summed E-state index contributed by atoms with van der Waals surface area (Å²) in [5.41, 5.74) is 5.29. The Morgan fingerprint density at radius 3 is 2.33 bits per heavy atom. The first-order valence-corrected chi connectivity index (χ1v) is 9.01. The number of carbonyl (C=O) groups is 2. The van der Waals surface area contributed by atoms with Crippen LogP contribution in [0.1, 0.15) is 12.8 Å². The maximum absolute atomic E-state index is 10.3. The quantitative estimate of drug-likeness (QED) is 0.358. The van der Waals surface area contributed by atoms with Crippen LogP contribution in [-0.2, 0) is 9.59 Å². The average Bonchev–Trinajstić information content (AvgIpc) is 2.97. The van der Waals surface area contributed by atoms with Crippen LogP contribution < -0.4 is 11.1 Å². The highest BCUT2D eigenvalue weighted by Gasteiger charge is 2.20. The average molecular weight is 340 g/mol. The van der Waals surface area contributed by atoms with E-state index in [2.05, 4.69) is 5.32 Å². The molecule has 0 saturated carbocycles. The molecule has 1 heterocycles. The Balaban J connectivity index is 0.000000423. The van der Waals surface area contributed by atoms with Crippen LogP contribution in [0.4, 0.5) is 0 Å². The molecule has 1 rings (SSSR count). The third kappa shape index (κ3) is 11.8. The fourth-order valence-corrected chi connectivity index (χ4v) is 3.30. The molecule has 0 aromatic heterocycles. The zero-order chi connectivity index (χ0) is 16.1. The van der Waals surface area contributed by atoms with Gasteiger partial charge in [0.05, 0.1) is 6.61 Å². The van der Waals surface area contributed by atoms with E-state index in [0.717, 1.165) is 36.6 Å². The summed E-state index contributed by atoms with van der Waals surface area (Å²) in [6.07, 6.45) is 1.78. The number of carboxylic acid groups (broad SMARTS) is 2. The monoisotopic (exact) mass is 340 g/mol. The van der Waals surface area contributed by atoms with Crippen LogP contribution in [0.5, 0.6) is 0 Å². The van der Waals surface area contributed by atoms with Crippen LogP contribution >= 0.6 is 23.5 Å². The van der Waals surface area contributed by atoms with Gasteiger partial charge in [-0.05, 0) is 19.4 Å². The fourth-order valence-electron chi connectivity index (χ4n) is 1.46. The first-order valence-electron chi connectivity index (χ1n) is 6.70. The number of hydrogen-bond donors (Lipinski definition) is 5. The molecule has 7 nitrogen and oxygen atoms in total. The summed E-state index contributed by atoms with van der Waals surface area (Å²) in [4.78, 5) is 20.4. The molecular formula is C12H24N2O5S2. The maximum Gasteiger partial charge on any atom is 0.321 e. The molecule has 1 aliphatic rings. The molecular weight excluding hydrogens is 316 g/mol. The number of aliphatic carboxylic acids is 2. The fraction of sp³-hybridized carbons (Fsp3) is 0.833. The van der Waals surface area contributed by atoms with Crippen molar-refractivity contribution in [2.24, 2.45) is 5.73 Å². The molecule has 0 radical (unpaired) electrons. The highest BCUT2D eigenvalue weighted by Crippen LogP contribution is 2.07. The lowest BCUT2D eigenvalue weighted by Gasteiger charge is -2.05. The van der Waals surface area contributed by atoms with Crippen LogP contribution in [0.15, 0.2) is 0 Å².